The Kier molecular flexibility index (Phi) is 4.27. The van der Waals surface area contributed by atoms with E-state index in [0.717, 1.165) is 29.9 Å². The van der Waals surface area contributed by atoms with E-state index in [1.807, 2.05) is 25.2 Å². The quantitative estimate of drug-likeness (QED) is 0.906. The largest absolute Gasteiger partial charge is 0.454 e. The van der Waals surface area contributed by atoms with Crippen LogP contribution in [0.25, 0.3) is 0 Å². The lowest BCUT2D eigenvalue weighted by molar-refractivity contribution is 0.174. The van der Waals surface area contributed by atoms with Gasteiger partial charge in [0.05, 0.1) is 0 Å². The minimum absolute atomic E-state index is 0.103. The molecule has 0 aromatic heterocycles. The molecule has 1 saturated carbocycles. The molecule has 1 fully saturated rings. The summed E-state index contributed by atoms with van der Waals surface area (Å²) in [6, 6.07) is 6.06. The number of rotatable bonds is 5. The molecule has 0 spiro atoms. The van der Waals surface area contributed by atoms with E-state index in [2.05, 4.69) is 5.32 Å². The zero-order valence-corrected chi connectivity index (χ0v) is 12.6. The highest BCUT2D eigenvalue weighted by atomic mass is 32.2. The average Bonchev–Trinajstić information content (AvgIpc) is 3.14. The molecule has 1 aromatic rings. The molecule has 5 heteroatoms. The third kappa shape index (κ3) is 2.83. The molecular weight excluding hydrogens is 274 g/mol. The minimum atomic E-state index is -0.759. The van der Waals surface area contributed by atoms with Gasteiger partial charge in [0, 0.05) is 27.8 Å². The SMILES string of the molecule is CNC(CS(=O)C1CCCC1)c1ccc2c(c1)OCO2. The van der Waals surface area contributed by atoms with E-state index in [4.69, 9.17) is 9.47 Å². The lowest BCUT2D eigenvalue weighted by Crippen LogP contribution is -2.26. The first kappa shape index (κ1) is 13.9. The summed E-state index contributed by atoms with van der Waals surface area (Å²) >= 11 is 0. The van der Waals surface area contributed by atoms with Crippen LogP contribution in [-0.2, 0) is 10.8 Å². The zero-order chi connectivity index (χ0) is 13.9. The van der Waals surface area contributed by atoms with Gasteiger partial charge in [-0.2, -0.15) is 0 Å². The van der Waals surface area contributed by atoms with Crippen LogP contribution in [0.5, 0.6) is 11.5 Å². The molecule has 0 bridgehead atoms. The van der Waals surface area contributed by atoms with Crippen molar-refractivity contribution >= 4 is 10.8 Å². The lowest BCUT2D eigenvalue weighted by Gasteiger charge is -2.19. The molecule has 110 valence electrons. The van der Waals surface area contributed by atoms with Gasteiger partial charge in [0.25, 0.3) is 0 Å². The summed E-state index contributed by atoms with van der Waals surface area (Å²) in [5.74, 6) is 2.25. The van der Waals surface area contributed by atoms with Crippen LogP contribution in [-0.4, -0.2) is 29.1 Å². The van der Waals surface area contributed by atoms with Crippen molar-refractivity contribution in [2.75, 3.05) is 19.6 Å². The third-order valence-corrected chi connectivity index (χ3v) is 6.03. The van der Waals surface area contributed by atoms with E-state index >= 15 is 0 Å². The van der Waals surface area contributed by atoms with Crippen molar-refractivity contribution in [2.45, 2.75) is 37.0 Å². The van der Waals surface area contributed by atoms with Crippen LogP contribution in [0.1, 0.15) is 37.3 Å². The van der Waals surface area contributed by atoms with Gasteiger partial charge in [-0.05, 0) is 37.6 Å². The van der Waals surface area contributed by atoms with E-state index in [9.17, 15) is 4.21 Å². The van der Waals surface area contributed by atoms with E-state index in [1.54, 1.807) is 0 Å². The molecule has 3 rings (SSSR count). The number of ether oxygens (including phenoxy) is 2. The van der Waals surface area contributed by atoms with Crippen LogP contribution in [0, 0.1) is 0 Å². The number of fused-ring (bicyclic) bond motifs is 1. The fourth-order valence-electron chi connectivity index (χ4n) is 2.93. The Balaban J connectivity index is 1.71. The Morgan fingerprint density at radius 2 is 2.05 bits per heavy atom. The fourth-order valence-corrected chi connectivity index (χ4v) is 4.75. The van der Waals surface area contributed by atoms with Crippen molar-refractivity contribution in [2.24, 2.45) is 0 Å². The molecule has 20 heavy (non-hydrogen) atoms. The predicted octanol–water partition coefficient (Wildman–Crippen LogP) is 2.37. The maximum atomic E-state index is 12.4. The van der Waals surface area contributed by atoms with Crippen LogP contribution in [0.3, 0.4) is 0 Å². The van der Waals surface area contributed by atoms with E-state index < -0.39 is 10.8 Å². The zero-order valence-electron chi connectivity index (χ0n) is 11.8. The van der Waals surface area contributed by atoms with Gasteiger partial charge < -0.3 is 14.8 Å². The molecule has 1 aliphatic carbocycles. The topological polar surface area (TPSA) is 47.6 Å². The highest BCUT2D eigenvalue weighted by molar-refractivity contribution is 7.85. The number of hydrogen-bond acceptors (Lipinski definition) is 4. The van der Waals surface area contributed by atoms with Crippen LogP contribution in [0.2, 0.25) is 0 Å². The Morgan fingerprint density at radius 3 is 2.80 bits per heavy atom. The molecule has 0 saturated heterocycles. The first-order chi connectivity index (χ1) is 9.78. The highest BCUT2D eigenvalue weighted by Gasteiger charge is 2.25. The first-order valence-electron chi connectivity index (χ1n) is 7.22. The Labute approximate surface area is 122 Å². The molecule has 0 radical (unpaired) electrons. The molecule has 0 amide bonds. The smallest absolute Gasteiger partial charge is 0.231 e. The maximum absolute atomic E-state index is 12.4. The second kappa shape index (κ2) is 6.14. The second-order valence-electron chi connectivity index (χ2n) is 5.41. The Hall–Kier alpha value is -1.07. The number of benzene rings is 1. The van der Waals surface area contributed by atoms with Crippen LogP contribution < -0.4 is 14.8 Å². The monoisotopic (exact) mass is 295 g/mol. The van der Waals surface area contributed by atoms with Crippen molar-refractivity contribution in [1.82, 2.24) is 5.32 Å². The second-order valence-corrected chi connectivity index (χ2v) is 7.17. The van der Waals surface area contributed by atoms with Gasteiger partial charge >= 0.3 is 0 Å². The summed E-state index contributed by atoms with van der Waals surface area (Å²) in [5.41, 5.74) is 1.11. The summed E-state index contributed by atoms with van der Waals surface area (Å²) in [6.07, 6.45) is 4.68. The Bertz CT molecular complexity index is 500. The molecular formula is C15H21NO3S. The number of nitrogens with one attached hydrogen (secondary N) is 1. The third-order valence-electron chi connectivity index (χ3n) is 4.15. The van der Waals surface area contributed by atoms with E-state index in [1.165, 1.54) is 12.8 Å². The van der Waals surface area contributed by atoms with Crippen molar-refractivity contribution in [3.8, 4) is 11.5 Å². The van der Waals surface area contributed by atoms with Gasteiger partial charge in [0.1, 0.15) is 0 Å². The number of hydrogen-bond donors (Lipinski definition) is 1. The molecule has 2 atom stereocenters. The molecule has 4 nitrogen and oxygen atoms in total. The summed E-state index contributed by atoms with van der Waals surface area (Å²) in [7, 11) is 1.16. The predicted molar refractivity (Wildman–Crippen MR) is 79.6 cm³/mol. The van der Waals surface area contributed by atoms with E-state index in [-0.39, 0.29) is 12.8 Å². The van der Waals surface area contributed by atoms with Crippen molar-refractivity contribution in [3.05, 3.63) is 23.8 Å². The van der Waals surface area contributed by atoms with Gasteiger partial charge in [0.2, 0.25) is 6.79 Å². The lowest BCUT2D eigenvalue weighted by atomic mass is 10.1. The van der Waals surface area contributed by atoms with Gasteiger partial charge in [-0.15, -0.1) is 0 Å². The summed E-state index contributed by atoms with van der Waals surface area (Å²) in [6.45, 7) is 0.289. The van der Waals surface area contributed by atoms with Crippen molar-refractivity contribution in [3.63, 3.8) is 0 Å². The molecule has 1 aromatic carbocycles. The summed E-state index contributed by atoms with van der Waals surface area (Å²) < 4.78 is 23.2. The molecule has 1 aliphatic heterocycles. The standard InChI is InChI=1S/C15H21NO3S/c1-16-13(9-20(17)12-4-2-3-5-12)11-6-7-14-15(8-11)19-10-18-14/h6-8,12-13,16H,2-5,9-10H2,1H3. The van der Waals surface area contributed by atoms with Crippen LogP contribution in [0.4, 0.5) is 0 Å². The van der Waals surface area contributed by atoms with E-state index in [0.29, 0.717) is 11.0 Å². The molecule has 1 N–H and O–H groups in total. The van der Waals surface area contributed by atoms with Gasteiger partial charge in [-0.25, -0.2) is 0 Å². The summed E-state index contributed by atoms with van der Waals surface area (Å²) in [5, 5.41) is 3.66. The molecule has 2 aliphatic rings. The molecule has 1 heterocycles. The average molecular weight is 295 g/mol. The van der Waals surface area contributed by atoms with Gasteiger partial charge in [-0.1, -0.05) is 18.9 Å². The first-order valence-corrected chi connectivity index (χ1v) is 8.60. The Morgan fingerprint density at radius 1 is 1.30 bits per heavy atom. The molecule has 2 unspecified atom stereocenters. The van der Waals surface area contributed by atoms with Gasteiger partial charge in [0.15, 0.2) is 11.5 Å². The summed E-state index contributed by atoms with van der Waals surface area (Å²) in [4.78, 5) is 0. The van der Waals surface area contributed by atoms with Crippen molar-refractivity contribution in [1.29, 1.82) is 0 Å². The van der Waals surface area contributed by atoms with Crippen molar-refractivity contribution < 1.29 is 13.7 Å². The maximum Gasteiger partial charge on any atom is 0.231 e. The fraction of sp³-hybridized carbons (Fsp3) is 0.600. The minimum Gasteiger partial charge on any atom is -0.454 e. The highest BCUT2D eigenvalue weighted by Crippen LogP contribution is 2.34. The van der Waals surface area contributed by atoms with Crippen LogP contribution >= 0.6 is 0 Å². The van der Waals surface area contributed by atoms with Gasteiger partial charge in [-0.3, -0.25) is 4.21 Å². The normalized spacial score (nSPS) is 21.1. The van der Waals surface area contributed by atoms with Crippen LogP contribution in [0.15, 0.2) is 18.2 Å².